The predicted molar refractivity (Wildman–Crippen MR) is 92.0 cm³/mol. The largest absolute Gasteiger partial charge is 0.349 e. The van der Waals surface area contributed by atoms with Crippen LogP contribution in [0.3, 0.4) is 0 Å². The van der Waals surface area contributed by atoms with Crippen molar-refractivity contribution >= 4 is 23.8 Å². The third-order valence-electron chi connectivity index (χ3n) is 3.46. The SMILES string of the molecule is CN(C)C(=Nc1cccc2c1=CC(C)(C)C=CC=2)N(C)C. The van der Waals surface area contributed by atoms with E-state index in [0.717, 1.165) is 11.6 Å². The maximum Gasteiger partial charge on any atom is 0.200 e. The summed E-state index contributed by atoms with van der Waals surface area (Å²) in [5, 5.41) is 2.42. The maximum atomic E-state index is 4.87. The van der Waals surface area contributed by atoms with Crippen molar-refractivity contribution in [3.05, 3.63) is 40.8 Å². The van der Waals surface area contributed by atoms with Crippen molar-refractivity contribution in [1.29, 1.82) is 0 Å². The highest BCUT2D eigenvalue weighted by molar-refractivity contribution is 5.82. The number of hydrogen-bond donors (Lipinski definition) is 0. The van der Waals surface area contributed by atoms with Gasteiger partial charge in [0.15, 0.2) is 0 Å². The van der Waals surface area contributed by atoms with Crippen LogP contribution in [0.2, 0.25) is 0 Å². The van der Waals surface area contributed by atoms with Crippen LogP contribution in [0.5, 0.6) is 0 Å². The highest BCUT2D eigenvalue weighted by Crippen LogP contribution is 2.20. The average Bonchev–Trinajstić information content (AvgIpc) is 2.52. The number of nitrogens with zero attached hydrogens (tertiary/aromatic N) is 3. The molecule has 0 saturated carbocycles. The monoisotopic (exact) mass is 283 g/mol. The lowest BCUT2D eigenvalue weighted by atomic mass is 9.92. The van der Waals surface area contributed by atoms with E-state index >= 15 is 0 Å². The van der Waals surface area contributed by atoms with Crippen LogP contribution in [-0.2, 0) is 0 Å². The summed E-state index contributed by atoms with van der Waals surface area (Å²) in [5.74, 6) is 0.937. The molecule has 0 N–H and O–H groups in total. The molecule has 0 fully saturated rings. The fourth-order valence-electron chi connectivity index (χ4n) is 2.50. The first kappa shape index (κ1) is 15.4. The Balaban J connectivity index is 2.70. The van der Waals surface area contributed by atoms with Gasteiger partial charge in [0.2, 0.25) is 5.96 Å². The number of aliphatic imine (C=N–C) groups is 1. The molecule has 0 aromatic heterocycles. The molecule has 3 heteroatoms. The molecular weight excluding hydrogens is 258 g/mol. The third kappa shape index (κ3) is 3.54. The molecule has 1 aromatic carbocycles. The smallest absolute Gasteiger partial charge is 0.200 e. The quantitative estimate of drug-likeness (QED) is 0.579. The summed E-state index contributed by atoms with van der Waals surface area (Å²) in [7, 11) is 8.06. The highest BCUT2D eigenvalue weighted by Gasteiger charge is 2.12. The number of allylic oxidation sites excluding steroid dienone is 2. The second-order valence-corrected chi connectivity index (χ2v) is 6.47. The van der Waals surface area contributed by atoms with Crippen molar-refractivity contribution in [1.82, 2.24) is 9.80 Å². The van der Waals surface area contributed by atoms with Crippen molar-refractivity contribution < 1.29 is 0 Å². The molecule has 0 saturated heterocycles. The van der Waals surface area contributed by atoms with Crippen molar-refractivity contribution in [3.8, 4) is 0 Å². The van der Waals surface area contributed by atoms with E-state index in [4.69, 9.17) is 4.99 Å². The Morgan fingerprint density at radius 3 is 2.33 bits per heavy atom. The molecule has 0 amide bonds. The van der Waals surface area contributed by atoms with E-state index in [1.807, 2.05) is 38.0 Å². The van der Waals surface area contributed by atoms with E-state index < -0.39 is 0 Å². The minimum absolute atomic E-state index is 0.0315. The molecule has 3 nitrogen and oxygen atoms in total. The second kappa shape index (κ2) is 5.76. The lowest BCUT2D eigenvalue weighted by Crippen LogP contribution is -2.36. The number of rotatable bonds is 1. The summed E-state index contributed by atoms with van der Waals surface area (Å²) in [5.41, 5.74) is 1.04. The zero-order chi connectivity index (χ0) is 15.6. The van der Waals surface area contributed by atoms with Crippen molar-refractivity contribution in [2.24, 2.45) is 10.4 Å². The zero-order valence-electron chi connectivity index (χ0n) is 13.9. The van der Waals surface area contributed by atoms with Crippen LogP contribution in [0.1, 0.15) is 13.8 Å². The van der Waals surface area contributed by atoms with Crippen LogP contribution in [0.15, 0.2) is 35.3 Å². The molecule has 2 rings (SSSR count). The van der Waals surface area contributed by atoms with Crippen LogP contribution in [0.25, 0.3) is 12.2 Å². The van der Waals surface area contributed by atoms with Crippen LogP contribution in [-0.4, -0.2) is 44.0 Å². The molecule has 1 aromatic rings. The summed E-state index contributed by atoms with van der Waals surface area (Å²) < 4.78 is 0. The fourth-order valence-corrected chi connectivity index (χ4v) is 2.50. The molecule has 1 aliphatic carbocycles. The molecule has 0 unspecified atom stereocenters. The van der Waals surface area contributed by atoms with Gasteiger partial charge in [-0.1, -0.05) is 50.3 Å². The molecule has 112 valence electrons. The first-order valence-corrected chi connectivity index (χ1v) is 7.25. The lowest BCUT2D eigenvalue weighted by molar-refractivity contribution is 0.484. The molecule has 0 heterocycles. The number of hydrogen-bond acceptors (Lipinski definition) is 1. The number of fused-ring (bicyclic) bond motifs is 1. The van der Waals surface area contributed by atoms with Gasteiger partial charge >= 0.3 is 0 Å². The molecule has 0 bridgehead atoms. The van der Waals surface area contributed by atoms with Gasteiger partial charge in [0.1, 0.15) is 0 Å². The standard InChI is InChI=1S/C18H25N3/c1-18(2)12-8-10-14-9-7-11-16(15(14)13-18)19-17(20(3)4)21(5)6/h7-13H,1-6H3. The Kier molecular flexibility index (Phi) is 4.21. The van der Waals surface area contributed by atoms with Gasteiger partial charge in [0, 0.05) is 38.8 Å². The Morgan fingerprint density at radius 2 is 1.71 bits per heavy atom. The first-order valence-electron chi connectivity index (χ1n) is 7.25. The van der Waals surface area contributed by atoms with Gasteiger partial charge in [-0.2, -0.15) is 0 Å². The van der Waals surface area contributed by atoms with Gasteiger partial charge < -0.3 is 9.80 Å². The first-order chi connectivity index (χ1) is 9.80. The van der Waals surface area contributed by atoms with Gasteiger partial charge in [-0.05, 0) is 11.3 Å². The molecule has 21 heavy (non-hydrogen) atoms. The number of guanidine groups is 1. The summed E-state index contributed by atoms with van der Waals surface area (Å²) in [6, 6.07) is 6.29. The molecule has 0 radical (unpaired) electrons. The topological polar surface area (TPSA) is 18.8 Å². The Labute approximate surface area is 127 Å². The fraction of sp³-hybridized carbons (Fsp3) is 0.389. The lowest BCUT2D eigenvalue weighted by Gasteiger charge is -2.22. The summed E-state index contributed by atoms with van der Waals surface area (Å²) in [6.07, 6.45) is 8.81. The van der Waals surface area contributed by atoms with Gasteiger partial charge in [-0.15, -0.1) is 0 Å². The highest BCUT2D eigenvalue weighted by atomic mass is 15.3. The molecule has 0 spiro atoms. The Morgan fingerprint density at radius 1 is 1.05 bits per heavy atom. The average molecular weight is 283 g/mol. The minimum atomic E-state index is 0.0315. The van der Waals surface area contributed by atoms with E-state index in [-0.39, 0.29) is 5.41 Å². The molecule has 0 aliphatic heterocycles. The van der Waals surface area contributed by atoms with Gasteiger partial charge in [0.25, 0.3) is 0 Å². The molecular formula is C18H25N3. The maximum absolute atomic E-state index is 4.87. The van der Waals surface area contributed by atoms with Gasteiger partial charge in [0.05, 0.1) is 5.69 Å². The predicted octanol–water partition coefficient (Wildman–Crippen LogP) is 1.95. The second-order valence-electron chi connectivity index (χ2n) is 6.47. The van der Waals surface area contributed by atoms with Gasteiger partial charge in [-0.3, -0.25) is 0 Å². The normalized spacial score (nSPS) is 15.1. The zero-order valence-corrected chi connectivity index (χ0v) is 13.9. The van der Waals surface area contributed by atoms with Crippen molar-refractivity contribution in [2.75, 3.05) is 28.2 Å². The molecule has 1 aliphatic rings. The number of benzene rings is 1. The molecule has 0 atom stereocenters. The van der Waals surface area contributed by atoms with E-state index in [0.29, 0.717) is 0 Å². The summed E-state index contributed by atoms with van der Waals surface area (Å²) in [4.78, 5) is 8.93. The van der Waals surface area contributed by atoms with Gasteiger partial charge in [-0.25, -0.2) is 4.99 Å². The van der Waals surface area contributed by atoms with E-state index in [1.54, 1.807) is 0 Å². The van der Waals surface area contributed by atoms with Crippen LogP contribution >= 0.6 is 0 Å². The van der Waals surface area contributed by atoms with Crippen molar-refractivity contribution in [3.63, 3.8) is 0 Å². The van der Waals surface area contributed by atoms with Crippen LogP contribution < -0.4 is 10.4 Å². The summed E-state index contributed by atoms with van der Waals surface area (Å²) >= 11 is 0. The Bertz CT molecular complexity index is 682. The van der Waals surface area contributed by atoms with Crippen molar-refractivity contribution in [2.45, 2.75) is 13.8 Å². The van der Waals surface area contributed by atoms with E-state index in [1.165, 1.54) is 10.4 Å². The van der Waals surface area contributed by atoms with Crippen LogP contribution in [0, 0.1) is 5.41 Å². The third-order valence-corrected chi connectivity index (χ3v) is 3.46. The van der Waals surface area contributed by atoms with E-state index in [9.17, 15) is 0 Å². The Hall–Kier alpha value is -2.03. The minimum Gasteiger partial charge on any atom is -0.349 e. The summed E-state index contributed by atoms with van der Waals surface area (Å²) in [6.45, 7) is 4.43. The van der Waals surface area contributed by atoms with E-state index in [2.05, 4.69) is 56.4 Å². The van der Waals surface area contributed by atoms with Crippen LogP contribution in [0.4, 0.5) is 5.69 Å².